The molecule has 0 saturated heterocycles. The van der Waals surface area contributed by atoms with E-state index in [2.05, 4.69) is 11.1 Å². The highest BCUT2D eigenvalue weighted by Crippen LogP contribution is 2.26. The van der Waals surface area contributed by atoms with Crippen molar-refractivity contribution in [2.45, 2.75) is 6.92 Å². The van der Waals surface area contributed by atoms with Crippen LogP contribution < -0.4 is 10.3 Å². The quantitative estimate of drug-likeness (QED) is 0.787. The van der Waals surface area contributed by atoms with Gasteiger partial charge in [0.15, 0.2) is 0 Å². The number of H-pyrrole nitrogens is 1. The number of nitrogens with one attached hydrogen (secondary N) is 1. The van der Waals surface area contributed by atoms with Gasteiger partial charge in [-0.2, -0.15) is 0 Å². The van der Waals surface area contributed by atoms with Gasteiger partial charge in [0.1, 0.15) is 5.75 Å². The Hall–Kier alpha value is -2.55. The lowest BCUT2D eigenvalue weighted by Gasteiger charge is -2.09. The number of aromatic amines is 1. The Balaban J connectivity index is 2.27. The van der Waals surface area contributed by atoms with Crippen LogP contribution in [0.4, 0.5) is 0 Å². The molecule has 0 bridgehead atoms. The number of pyridine rings is 1. The number of benzene rings is 2. The van der Waals surface area contributed by atoms with Crippen LogP contribution in [0.1, 0.15) is 6.92 Å². The third-order valence-electron chi connectivity index (χ3n) is 3.18. The molecule has 2 aromatic carbocycles. The number of hydrogen-bond acceptors (Lipinski definition) is 2. The van der Waals surface area contributed by atoms with Crippen LogP contribution in [0.2, 0.25) is 0 Å². The highest BCUT2D eigenvalue weighted by atomic mass is 16.5. The Labute approximate surface area is 116 Å². The molecule has 1 radical (unpaired) electrons. The van der Waals surface area contributed by atoms with Crippen LogP contribution in [-0.2, 0) is 0 Å². The van der Waals surface area contributed by atoms with Crippen LogP contribution in [0.5, 0.6) is 5.75 Å². The smallest absolute Gasteiger partial charge is 0.256 e. The van der Waals surface area contributed by atoms with Crippen LogP contribution in [0, 0.1) is 6.07 Å². The summed E-state index contributed by atoms with van der Waals surface area (Å²) >= 11 is 0. The van der Waals surface area contributed by atoms with Crippen molar-refractivity contribution in [2.24, 2.45) is 0 Å². The summed E-state index contributed by atoms with van der Waals surface area (Å²) < 4.78 is 5.62. The molecule has 0 aliphatic rings. The third kappa shape index (κ3) is 2.18. The van der Waals surface area contributed by atoms with Crippen molar-refractivity contribution in [2.75, 3.05) is 6.61 Å². The Morgan fingerprint density at radius 1 is 1.20 bits per heavy atom. The number of aromatic nitrogens is 1. The van der Waals surface area contributed by atoms with Crippen LogP contribution in [0.3, 0.4) is 0 Å². The maximum atomic E-state index is 12.2. The lowest BCUT2D eigenvalue weighted by atomic mass is 10.0. The van der Waals surface area contributed by atoms with Gasteiger partial charge in [0, 0.05) is 10.9 Å². The molecule has 3 heteroatoms. The van der Waals surface area contributed by atoms with Gasteiger partial charge in [-0.3, -0.25) is 4.79 Å². The zero-order valence-corrected chi connectivity index (χ0v) is 11.1. The van der Waals surface area contributed by atoms with Crippen molar-refractivity contribution < 1.29 is 4.74 Å². The monoisotopic (exact) mass is 264 g/mol. The Morgan fingerprint density at radius 3 is 2.75 bits per heavy atom. The molecule has 1 heterocycles. The number of hydrogen-bond donors (Lipinski definition) is 1. The molecule has 3 aromatic rings. The molecular formula is C17H14NO2. The van der Waals surface area contributed by atoms with Crippen LogP contribution >= 0.6 is 0 Å². The second kappa shape index (κ2) is 5.21. The fourth-order valence-corrected chi connectivity index (χ4v) is 2.26. The average Bonchev–Trinajstić information content (AvgIpc) is 2.48. The van der Waals surface area contributed by atoms with Gasteiger partial charge in [-0.05, 0) is 36.8 Å². The molecule has 0 unspecified atom stereocenters. The molecule has 3 rings (SSSR count). The van der Waals surface area contributed by atoms with Gasteiger partial charge in [-0.1, -0.05) is 30.3 Å². The van der Waals surface area contributed by atoms with E-state index < -0.39 is 0 Å². The summed E-state index contributed by atoms with van der Waals surface area (Å²) in [5.74, 6) is 0.782. The van der Waals surface area contributed by atoms with Gasteiger partial charge in [0.05, 0.1) is 12.1 Å². The summed E-state index contributed by atoms with van der Waals surface area (Å²) in [5, 5.41) is 0.914. The van der Waals surface area contributed by atoms with Crippen molar-refractivity contribution in [3.05, 3.63) is 65.0 Å². The highest BCUT2D eigenvalue weighted by Gasteiger charge is 2.08. The summed E-state index contributed by atoms with van der Waals surface area (Å²) in [4.78, 5) is 15.1. The van der Waals surface area contributed by atoms with Crippen molar-refractivity contribution in [1.82, 2.24) is 4.98 Å². The van der Waals surface area contributed by atoms with Crippen LogP contribution in [-0.4, -0.2) is 11.6 Å². The molecule has 1 aromatic heterocycles. The normalized spacial score (nSPS) is 10.7. The molecule has 1 N–H and O–H groups in total. The zero-order valence-electron chi connectivity index (χ0n) is 11.1. The molecule has 0 spiro atoms. The summed E-state index contributed by atoms with van der Waals surface area (Å²) in [6, 6.07) is 17.8. The first-order valence-corrected chi connectivity index (χ1v) is 6.55. The average molecular weight is 264 g/mol. The molecule has 0 amide bonds. The fraction of sp³-hybridized carbons (Fsp3) is 0.118. The Kier molecular flexibility index (Phi) is 3.25. The molecule has 99 valence electrons. The van der Waals surface area contributed by atoms with Gasteiger partial charge in [-0.25, -0.2) is 0 Å². The minimum Gasteiger partial charge on any atom is -0.493 e. The first-order valence-electron chi connectivity index (χ1n) is 6.55. The molecule has 0 aliphatic heterocycles. The van der Waals surface area contributed by atoms with Crippen molar-refractivity contribution >= 4 is 10.9 Å². The zero-order chi connectivity index (χ0) is 13.9. The van der Waals surface area contributed by atoms with E-state index in [-0.39, 0.29) is 5.56 Å². The number of rotatable bonds is 3. The van der Waals surface area contributed by atoms with Crippen LogP contribution in [0.15, 0.2) is 53.3 Å². The van der Waals surface area contributed by atoms with Gasteiger partial charge >= 0.3 is 0 Å². The summed E-state index contributed by atoms with van der Waals surface area (Å²) in [6.45, 7) is 2.53. The minimum absolute atomic E-state index is 0.0997. The van der Waals surface area contributed by atoms with Crippen molar-refractivity contribution in [1.29, 1.82) is 0 Å². The maximum absolute atomic E-state index is 12.2. The summed E-state index contributed by atoms with van der Waals surface area (Å²) in [6.07, 6.45) is 0. The lowest BCUT2D eigenvalue weighted by molar-refractivity contribution is 0.344. The first-order chi connectivity index (χ1) is 9.79. The van der Waals surface area contributed by atoms with Crippen molar-refractivity contribution in [3.8, 4) is 16.9 Å². The molecule has 0 aliphatic carbocycles. The van der Waals surface area contributed by atoms with E-state index in [1.54, 1.807) is 12.1 Å². The molecule has 0 atom stereocenters. The van der Waals surface area contributed by atoms with E-state index >= 15 is 0 Å². The van der Waals surface area contributed by atoms with E-state index in [9.17, 15) is 4.79 Å². The largest absolute Gasteiger partial charge is 0.493 e. The standard InChI is InChI=1S/C17H14NO2/c1-2-20-16-10-6-9-15-14(16)11-13(17(19)18-15)12-7-4-3-5-8-12/h4-11H,2H2,1H3,(H,18,19). The fourth-order valence-electron chi connectivity index (χ4n) is 2.26. The number of ether oxygens (including phenoxy) is 1. The second-order valence-corrected chi connectivity index (χ2v) is 4.45. The van der Waals surface area contributed by atoms with Gasteiger partial charge in [0.2, 0.25) is 0 Å². The third-order valence-corrected chi connectivity index (χ3v) is 3.18. The first kappa shape index (κ1) is 12.5. The van der Waals surface area contributed by atoms with E-state index in [0.29, 0.717) is 12.2 Å². The maximum Gasteiger partial charge on any atom is 0.256 e. The predicted octanol–water partition coefficient (Wildman–Crippen LogP) is 3.39. The minimum atomic E-state index is -0.0997. The van der Waals surface area contributed by atoms with Gasteiger partial charge < -0.3 is 9.72 Å². The molecule has 20 heavy (non-hydrogen) atoms. The molecular weight excluding hydrogens is 250 g/mol. The Morgan fingerprint density at radius 2 is 2.00 bits per heavy atom. The summed E-state index contributed by atoms with van der Waals surface area (Å²) in [7, 11) is 0. The summed E-state index contributed by atoms with van der Waals surface area (Å²) in [5.41, 5.74) is 2.20. The second-order valence-electron chi connectivity index (χ2n) is 4.45. The predicted molar refractivity (Wildman–Crippen MR) is 80.0 cm³/mol. The molecule has 3 nitrogen and oxygen atoms in total. The van der Waals surface area contributed by atoms with E-state index in [0.717, 1.165) is 22.2 Å². The van der Waals surface area contributed by atoms with Gasteiger partial charge in [-0.15, -0.1) is 0 Å². The van der Waals surface area contributed by atoms with Crippen molar-refractivity contribution in [3.63, 3.8) is 0 Å². The van der Waals surface area contributed by atoms with E-state index in [1.165, 1.54) is 0 Å². The van der Waals surface area contributed by atoms with E-state index in [1.807, 2.05) is 43.3 Å². The molecule has 0 fully saturated rings. The number of fused-ring (bicyclic) bond motifs is 1. The molecule has 0 saturated carbocycles. The van der Waals surface area contributed by atoms with Crippen LogP contribution in [0.25, 0.3) is 22.0 Å². The topological polar surface area (TPSA) is 42.1 Å². The Bertz CT molecular complexity index is 791. The van der Waals surface area contributed by atoms with E-state index in [4.69, 9.17) is 4.74 Å². The highest BCUT2D eigenvalue weighted by molar-refractivity contribution is 5.88. The SMILES string of the molecule is CCOc1cccc2[nH]c(=O)c(-c3cc[c]cc3)cc12. The lowest BCUT2D eigenvalue weighted by Crippen LogP contribution is -2.09. The van der Waals surface area contributed by atoms with Gasteiger partial charge in [0.25, 0.3) is 5.56 Å².